The molecule has 5 nitrogen and oxygen atoms in total. The lowest BCUT2D eigenvalue weighted by Gasteiger charge is -2.05. The zero-order valence-electron chi connectivity index (χ0n) is 12.2. The van der Waals surface area contributed by atoms with E-state index in [9.17, 15) is 4.79 Å². The molecule has 0 aliphatic heterocycles. The van der Waals surface area contributed by atoms with Gasteiger partial charge in [-0.15, -0.1) is 11.3 Å². The predicted octanol–water partition coefficient (Wildman–Crippen LogP) is 3.32. The second-order valence-corrected chi connectivity index (χ2v) is 5.92. The van der Waals surface area contributed by atoms with Crippen molar-refractivity contribution in [1.29, 1.82) is 5.26 Å². The number of benzene rings is 2. The summed E-state index contributed by atoms with van der Waals surface area (Å²) in [6.07, 6.45) is 0. The highest BCUT2D eigenvalue weighted by atomic mass is 32.1. The molecule has 114 valence electrons. The van der Waals surface area contributed by atoms with Gasteiger partial charge in [-0.05, 0) is 36.4 Å². The number of nitrogens with zero attached hydrogens (tertiary/aromatic N) is 2. The maximum absolute atomic E-state index is 11.8. The summed E-state index contributed by atoms with van der Waals surface area (Å²) in [5.41, 5.74) is 2.13. The van der Waals surface area contributed by atoms with Crippen LogP contribution in [0.3, 0.4) is 0 Å². The predicted molar refractivity (Wildman–Crippen MR) is 89.1 cm³/mol. The third-order valence-electron chi connectivity index (χ3n) is 3.09. The van der Waals surface area contributed by atoms with Crippen LogP contribution in [-0.4, -0.2) is 17.5 Å². The van der Waals surface area contributed by atoms with Crippen molar-refractivity contribution in [1.82, 2.24) is 4.98 Å². The molecule has 0 aliphatic carbocycles. The second kappa shape index (κ2) is 7.01. The van der Waals surface area contributed by atoms with Gasteiger partial charge >= 0.3 is 0 Å². The van der Waals surface area contributed by atoms with E-state index >= 15 is 0 Å². The third-order valence-corrected chi connectivity index (χ3v) is 4.10. The number of fused-ring (bicyclic) bond motifs is 1. The Balaban J connectivity index is 1.49. The lowest BCUT2D eigenvalue weighted by molar-refractivity contribution is -0.121. The van der Waals surface area contributed by atoms with Gasteiger partial charge in [-0.25, -0.2) is 4.98 Å². The summed E-state index contributed by atoms with van der Waals surface area (Å²) in [6.45, 7) is 0.260. The van der Waals surface area contributed by atoms with Crippen LogP contribution in [-0.2, 0) is 16.1 Å². The van der Waals surface area contributed by atoms with E-state index in [1.54, 1.807) is 35.6 Å². The molecule has 2 aromatic carbocycles. The molecule has 1 amide bonds. The highest BCUT2D eigenvalue weighted by Gasteiger charge is 2.06. The molecule has 0 atom stereocenters. The molecule has 0 spiro atoms. The average Bonchev–Trinajstić information content (AvgIpc) is 2.98. The van der Waals surface area contributed by atoms with Crippen LogP contribution in [0.4, 0.5) is 5.69 Å². The Morgan fingerprint density at radius 3 is 2.74 bits per heavy atom. The monoisotopic (exact) mass is 323 g/mol. The molecule has 23 heavy (non-hydrogen) atoms. The van der Waals surface area contributed by atoms with Crippen molar-refractivity contribution >= 4 is 33.1 Å². The number of thiazole rings is 1. The zero-order valence-corrected chi connectivity index (χ0v) is 13.0. The number of carbonyl (C=O) groups is 1. The molecule has 6 heteroatoms. The molecular weight excluding hydrogens is 310 g/mol. The summed E-state index contributed by atoms with van der Waals surface area (Å²) < 4.78 is 6.52. The van der Waals surface area contributed by atoms with Crippen molar-refractivity contribution in [2.24, 2.45) is 0 Å². The van der Waals surface area contributed by atoms with Crippen LogP contribution in [0, 0.1) is 11.3 Å². The van der Waals surface area contributed by atoms with Crippen molar-refractivity contribution in [3.63, 3.8) is 0 Å². The van der Waals surface area contributed by atoms with Crippen molar-refractivity contribution in [3.05, 3.63) is 59.1 Å². The van der Waals surface area contributed by atoms with E-state index < -0.39 is 0 Å². The molecule has 0 bridgehead atoms. The highest BCUT2D eigenvalue weighted by molar-refractivity contribution is 7.18. The van der Waals surface area contributed by atoms with E-state index in [1.165, 1.54) is 0 Å². The van der Waals surface area contributed by atoms with Gasteiger partial charge in [0.25, 0.3) is 0 Å². The van der Waals surface area contributed by atoms with Gasteiger partial charge in [0, 0.05) is 5.69 Å². The summed E-state index contributed by atoms with van der Waals surface area (Å²) >= 11 is 1.56. The standard InChI is InChI=1S/C17H13N3O2S/c18-9-12-5-7-13(8-6-12)19-16(21)10-22-11-17-20-14-3-1-2-4-15(14)23-17/h1-8H,10-11H2,(H,19,21). The van der Waals surface area contributed by atoms with Crippen LogP contribution >= 0.6 is 11.3 Å². The molecule has 3 rings (SSSR count). The molecule has 0 saturated heterocycles. The fourth-order valence-electron chi connectivity index (χ4n) is 2.04. The number of nitrogens with one attached hydrogen (secondary N) is 1. The van der Waals surface area contributed by atoms with Gasteiger partial charge in [0.05, 0.1) is 28.5 Å². The molecule has 3 aromatic rings. The fraction of sp³-hybridized carbons (Fsp3) is 0.118. The first-order valence-electron chi connectivity index (χ1n) is 6.97. The number of ether oxygens (including phenoxy) is 1. The van der Waals surface area contributed by atoms with Crippen molar-refractivity contribution in [2.75, 3.05) is 11.9 Å². The Bertz CT molecular complexity index is 832. The number of nitriles is 1. The number of carbonyl (C=O) groups excluding carboxylic acids is 1. The van der Waals surface area contributed by atoms with Crippen LogP contribution in [0.5, 0.6) is 0 Å². The molecule has 0 unspecified atom stereocenters. The summed E-state index contributed by atoms with van der Waals surface area (Å²) in [6, 6.07) is 16.6. The van der Waals surface area contributed by atoms with E-state index in [2.05, 4.69) is 10.3 Å². The van der Waals surface area contributed by atoms with E-state index in [0.717, 1.165) is 15.2 Å². The van der Waals surface area contributed by atoms with Crippen molar-refractivity contribution < 1.29 is 9.53 Å². The summed E-state index contributed by atoms with van der Waals surface area (Å²) in [5, 5.41) is 12.3. The highest BCUT2D eigenvalue weighted by Crippen LogP contribution is 2.21. The van der Waals surface area contributed by atoms with E-state index in [0.29, 0.717) is 17.9 Å². The van der Waals surface area contributed by atoms with Crippen LogP contribution < -0.4 is 5.32 Å². The molecule has 0 aliphatic rings. The van der Waals surface area contributed by atoms with Gasteiger partial charge in [0.15, 0.2) is 0 Å². The number of para-hydroxylation sites is 1. The van der Waals surface area contributed by atoms with Crippen LogP contribution in [0.25, 0.3) is 10.2 Å². The molecule has 1 heterocycles. The Morgan fingerprint density at radius 1 is 1.22 bits per heavy atom. The number of anilines is 1. The lowest BCUT2D eigenvalue weighted by atomic mass is 10.2. The maximum Gasteiger partial charge on any atom is 0.250 e. The zero-order chi connectivity index (χ0) is 16.1. The Kier molecular flexibility index (Phi) is 4.62. The van der Waals surface area contributed by atoms with E-state index in [1.807, 2.05) is 30.3 Å². The first-order valence-corrected chi connectivity index (χ1v) is 7.78. The fourth-order valence-corrected chi connectivity index (χ4v) is 2.94. The van der Waals surface area contributed by atoms with Crippen LogP contribution in [0.2, 0.25) is 0 Å². The molecule has 0 fully saturated rings. The Morgan fingerprint density at radius 2 is 2.00 bits per heavy atom. The minimum absolute atomic E-state index is 0.0457. The first kappa shape index (κ1) is 15.2. The number of rotatable bonds is 5. The first-order chi connectivity index (χ1) is 11.2. The van der Waals surface area contributed by atoms with Crippen molar-refractivity contribution in [2.45, 2.75) is 6.61 Å². The quantitative estimate of drug-likeness (QED) is 0.781. The normalized spacial score (nSPS) is 10.4. The molecule has 0 radical (unpaired) electrons. The second-order valence-electron chi connectivity index (χ2n) is 4.81. The van der Waals surface area contributed by atoms with Crippen LogP contribution in [0.15, 0.2) is 48.5 Å². The van der Waals surface area contributed by atoms with Crippen LogP contribution in [0.1, 0.15) is 10.6 Å². The maximum atomic E-state index is 11.8. The smallest absolute Gasteiger partial charge is 0.250 e. The summed E-state index contributed by atoms with van der Waals surface area (Å²) in [4.78, 5) is 16.3. The van der Waals surface area contributed by atoms with Crippen molar-refractivity contribution in [3.8, 4) is 6.07 Å². The minimum Gasteiger partial charge on any atom is -0.364 e. The van der Waals surface area contributed by atoms with Gasteiger partial charge in [-0.2, -0.15) is 5.26 Å². The minimum atomic E-state index is -0.240. The van der Waals surface area contributed by atoms with Gasteiger partial charge < -0.3 is 10.1 Å². The molecule has 1 N–H and O–H groups in total. The lowest BCUT2D eigenvalue weighted by Crippen LogP contribution is -2.18. The number of aromatic nitrogens is 1. The number of amides is 1. The molecular formula is C17H13N3O2S. The van der Waals surface area contributed by atoms with Gasteiger partial charge in [0.2, 0.25) is 5.91 Å². The summed E-state index contributed by atoms with van der Waals surface area (Å²) in [5.74, 6) is -0.240. The molecule has 1 aromatic heterocycles. The largest absolute Gasteiger partial charge is 0.364 e. The number of hydrogen-bond acceptors (Lipinski definition) is 5. The number of hydrogen-bond donors (Lipinski definition) is 1. The third kappa shape index (κ3) is 3.92. The Hall–Kier alpha value is -2.75. The topological polar surface area (TPSA) is 75.0 Å². The van der Waals surface area contributed by atoms with Gasteiger partial charge in [-0.1, -0.05) is 12.1 Å². The summed E-state index contributed by atoms with van der Waals surface area (Å²) in [7, 11) is 0. The van der Waals surface area contributed by atoms with Gasteiger partial charge in [0.1, 0.15) is 11.6 Å². The average molecular weight is 323 g/mol. The SMILES string of the molecule is N#Cc1ccc(NC(=O)COCc2nc3ccccc3s2)cc1. The van der Waals surface area contributed by atoms with E-state index in [-0.39, 0.29) is 12.5 Å². The van der Waals surface area contributed by atoms with Gasteiger partial charge in [-0.3, -0.25) is 4.79 Å². The Labute approximate surface area is 137 Å². The molecule has 0 saturated carbocycles. The van der Waals surface area contributed by atoms with E-state index in [4.69, 9.17) is 10.00 Å².